The number of carbonyl (C=O) groups excluding carboxylic acids is 1. The van der Waals surface area contributed by atoms with Crippen LogP contribution in [-0.2, 0) is 19.4 Å². The highest BCUT2D eigenvalue weighted by atomic mass is 32.1. The number of fused-ring (bicyclic) bond motifs is 1. The number of nitrogens with zero attached hydrogens (tertiary/aromatic N) is 2. The molecule has 21 heavy (non-hydrogen) atoms. The van der Waals surface area contributed by atoms with Crippen LogP contribution in [0.5, 0.6) is 0 Å². The normalized spacial score (nSPS) is 14.0. The van der Waals surface area contributed by atoms with E-state index in [1.165, 1.54) is 4.88 Å². The highest BCUT2D eigenvalue weighted by molar-refractivity contribution is 7.11. The third-order valence-electron chi connectivity index (χ3n) is 3.72. The fourth-order valence-electron chi connectivity index (χ4n) is 2.43. The molecule has 0 unspecified atom stereocenters. The minimum Gasteiger partial charge on any atom is -0.350 e. The number of amides is 1. The van der Waals surface area contributed by atoms with Crippen LogP contribution in [0.1, 0.15) is 37.3 Å². The van der Waals surface area contributed by atoms with Gasteiger partial charge in [-0.15, -0.1) is 11.3 Å². The Hall–Kier alpha value is -1.73. The van der Waals surface area contributed by atoms with Crippen molar-refractivity contribution in [3.63, 3.8) is 0 Å². The average molecular weight is 305 g/mol. The maximum absolute atomic E-state index is 12.2. The fourth-order valence-corrected chi connectivity index (χ4v) is 3.36. The summed E-state index contributed by atoms with van der Waals surface area (Å²) in [6.07, 6.45) is 1.66. The number of thiazole rings is 1. The molecule has 2 aromatic rings. The zero-order chi connectivity index (χ0) is 14.8. The van der Waals surface area contributed by atoms with Crippen LogP contribution in [0.15, 0.2) is 0 Å². The van der Waals surface area contributed by atoms with Crippen molar-refractivity contribution in [3.05, 3.63) is 32.5 Å². The lowest BCUT2D eigenvalue weighted by atomic mass is 10.1. The van der Waals surface area contributed by atoms with Crippen LogP contribution in [0.4, 0.5) is 0 Å². The van der Waals surface area contributed by atoms with Crippen LogP contribution in [0.3, 0.4) is 0 Å². The number of rotatable bonds is 4. The molecule has 0 aromatic carbocycles. The molecule has 3 heterocycles. The molecule has 1 aliphatic rings. The molecule has 0 radical (unpaired) electrons. The van der Waals surface area contributed by atoms with Gasteiger partial charge in [-0.25, -0.2) is 4.98 Å². The maximum atomic E-state index is 12.2. The van der Waals surface area contributed by atoms with Crippen molar-refractivity contribution < 1.29 is 4.79 Å². The summed E-state index contributed by atoms with van der Waals surface area (Å²) in [5.41, 5.74) is 3.67. The second kappa shape index (κ2) is 5.95. The van der Waals surface area contributed by atoms with Gasteiger partial charge in [0.25, 0.3) is 5.91 Å². The molecule has 0 saturated carbocycles. The lowest BCUT2D eigenvalue weighted by Crippen LogP contribution is -2.29. The van der Waals surface area contributed by atoms with E-state index in [0.29, 0.717) is 18.8 Å². The van der Waals surface area contributed by atoms with E-state index in [9.17, 15) is 4.79 Å². The summed E-state index contributed by atoms with van der Waals surface area (Å²) in [6.45, 7) is 6.30. The summed E-state index contributed by atoms with van der Waals surface area (Å²) in [4.78, 5) is 17.9. The third kappa shape index (κ3) is 2.98. The van der Waals surface area contributed by atoms with E-state index in [0.717, 1.165) is 41.3 Å². The second-order valence-electron chi connectivity index (χ2n) is 5.21. The van der Waals surface area contributed by atoms with Gasteiger partial charge in [-0.1, -0.05) is 0 Å². The zero-order valence-corrected chi connectivity index (χ0v) is 13.1. The van der Waals surface area contributed by atoms with Gasteiger partial charge in [0.1, 0.15) is 0 Å². The highest BCUT2D eigenvalue weighted by Gasteiger charge is 2.21. The van der Waals surface area contributed by atoms with Gasteiger partial charge in [-0.05, 0) is 13.8 Å². The van der Waals surface area contributed by atoms with Gasteiger partial charge in [-0.2, -0.15) is 5.10 Å². The van der Waals surface area contributed by atoms with E-state index in [4.69, 9.17) is 0 Å². The van der Waals surface area contributed by atoms with Gasteiger partial charge in [0, 0.05) is 48.6 Å². The Morgan fingerprint density at radius 1 is 1.43 bits per heavy atom. The lowest BCUT2D eigenvalue weighted by molar-refractivity contribution is 0.0948. The van der Waals surface area contributed by atoms with Gasteiger partial charge in [0.15, 0.2) is 5.69 Å². The molecule has 7 heteroatoms. The quantitative estimate of drug-likeness (QED) is 0.790. The van der Waals surface area contributed by atoms with Crippen molar-refractivity contribution in [1.82, 2.24) is 25.8 Å². The van der Waals surface area contributed by atoms with E-state index in [2.05, 4.69) is 32.7 Å². The van der Waals surface area contributed by atoms with Crippen molar-refractivity contribution in [1.29, 1.82) is 0 Å². The molecule has 0 fully saturated rings. The SMILES string of the molecule is Cc1nc(CCNC(=O)c2n[nH]c3c2CNCC3)sc1C. The Balaban J connectivity index is 1.58. The summed E-state index contributed by atoms with van der Waals surface area (Å²) >= 11 is 1.69. The Labute approximate surface area is 127 Å². The van der Waals surface area contributed by atoms with Crippen molar-refractivity contribution in [2.24, 2.45) is 0 Å². The van der Waals surface area contributed by atoms with E-state index >= 15 is 0 Å². The van der Waals surface area contributed by atoms with Gasteiger partial charge in [0.05, 0.1) is 10.7 Å². The van der Waals surface area contributed by atoms with Gasteiger partial charge in [-0.3, -0.25) is 9.89 Å². The first-order valence-corrected chi connectivity index (χ1v) is 7.94. The molecular weight excluding hydrogens is 286 g/mol. The second-order valence-corrected chi connectivity index (χ2v) is 6.50. The van der Waals surface area contributed by atoms with E-state index in [1.54, 1.807) is 11.3 Å². The molecule has 0 aliphatic carbocycles. The molecule has 0 spiro atoms. The summed E-state index contributed by atoms with van der Waals surface area (Å²) in [5, 5.41) is 14.4. The standard InChI is InChI=1S/C14H19N5OS/c1-8-9(2)21-12(17-8)4-6-16-14(20)13-10-7-15-5-3-11(10)18-19-13/h15H,3-7H2,1-2H3,(H,16,20)(H,18,19). The van der Waals surface area contributed by atoms with Crippen LogP contribution < -0.4 is 10.6 Å². The molecule has 3 rings (SSSR count). The topological polar surface area (TPSA) is 82.7 Å². The number of carbonyl (C=O) groups is 1. The van der Waals surface area contributed by atoms with Gasteiger partial charge < -0.3 is 10.6 Å². The molecule has 2 aromatic heterocycles. The van der Waals surface area contributed by atoms with Crippen LogP contribution >= 0.6 is 11.3 Å². The molecule has 112 valence electrons. The minimum atomic E-state index is -0.110. The molecule has 0 saturated heterocycles. The van der Waals surface area contributed by atoms with Gasteiger partial charge in [0.2, 0.25) is 0 Å². The first-order valence-electron chi connectivity index (χ1n) is 7.13. The Morgan fingerprint density at radius 3 is 3.05 bits per heavy atom. The maximum Gasteiger partial charge on any atom is 0.272 e. The number of aromatic nitrogens is 3. The van der Waals surface area contributed by atoms with Crippen molar-refractivity contribution >= 4 is 17.2 Å². The number of nitrogens with one attached hydrogen (secondary N) is 3. The summed E-state index contributed by atoms with van der Waals surface area (Å²) in [7, 11) is 0. The van der Waals surface area contributed by atoms with Crippen molar-refractivity contribution in [3.8, 4) is 0 Å². The summed E-state index contributed by atoms with van der Waals surface area (Å²) in [6, 6.07) is 0. The number of aromatic amines is 1. The predicted molar refractivity (Wildman–Crippen MR) is 81.6 cm³/mol. The molecule has 0 bridgehead atoms. The van der Waals surface area contributed by atoms with Crippen molar-refractivity contribution in [2.45, 2.75) is 33.2 Å². The molecule has 3 N–H and O–H groups in total. The van der Waals surface area contributed by atoms with Crippen molar-refractivity contribution in [2.75, 3.05) is 13.1 Å². The fraction of sp³-hybridized carbons (Fsp3) is 0.500. The van der Waals surface area contributed by atoms with Crippen LogP contribution in [-0.4, -0.2) is 34.2 Å². The summed E-state index contributed by atoms with van der Waals surface area (Å²) < 4.78 is 0. The van der Waals surface area contributed by atoms with E-state index in [1.807, 2.05) is 6.92 Å². The highest BCUT2D eigenvalue weighted by Crippen LogP contribution is 2.17. The van der Waals surface area contributed by atoms with Gasteiger partial charge >= 0.3 is 0 Å². The first-order chi connectivity index (χ1) is 10.1. The lowest BCUT2D eigenvalue weighted by Gasteiger charge is -2.12. The zero-order valence-electron chi connectivity index (χ0n) is 12.2. The Bertz CT molecular complexity index is 641. The van der Waals surface area contributed by atoms with E-state index < -0.39 is 0 Å². The Morgan fingerprint density at radius 2 is 2.29 bits per heavy atom. The molecular formula is C14H19N5OS. The molecule has 1 amide bonds. The minimum absolute atomic E-state index is 0.110. The van der Waals surface area contributed by atoms with Crippen LogP contribution in [0, 0.1) is 13.8 Å². The molecule has 1 aliphatic heterocycles. The van der Waals surface area contributed by atoms with Crippen LogP contribution in [0.25, 0.3) is 0 Å². The number of hydrogen-bond acceptors (Lipinski definition) is 5. The number of H-pyrrole nitrogens is 1. The largest absolute Gasteiger partial charge is 0.350 e. The summed E-state index contributed by atoms with van der Waals surface area (Å²) in [5.74, 6) is -0.110. The number of hydrogen-bond donors (Lipinski definition) is 3. The van der Waals surface area contributed by atoms with Crippen LogP contribution in [0.2, 0.25) is 0 Å². The number of aryl methyl sites for hydroxylation is 2. The Kier molecular flexibility index (Phi) is 4.03. The monoisotopic (exact) mass is 305 g/mol. The average Bonchev–Trinajstić information content (AvgIpc) is 3.03. The predicted octanol–water partition coefficient (Wildman–Crippen LogP) is 1.10. The third-order valence-corrected chi connectivity index (χ3v) is 4.85. The van der Waals surface area contributed by atoms with E-state index in [-0.39, 0.29) is 5.91 Å². The molecule has 6 nitrogen and oxygen atoms in total. The smallest absolute Gasteiger partial charge is 0.272 e. The first kappa shape index (κ1) is 14.2. The molecule has 0 atom stereocenters.